The van der Waals surface area contributed by atoms with Gasteiger partial charge in [0, 0.05) is 26.2 Å². The minimum absolute atomic E-state index is 0.0265. The summed E-state index contributed by atoms with van der Waals surface area (Å²) >= 11 is 0.825. The Morgan fingerprint density at radius 2 is 2.00 bits per heavy atom. The maximum atomic E-state index is 11.9. The second-order valence-electron chi connectivity index (χ2n) is 5.35. The van der Waals surface area contributed by atoms with Crippen molar-refractivity contribution in [1.29, 1.82) is 0 Å². The summed E-state index contributed by atoms with van der Waals surface area (Å²) in [4.78, 5) is 37.6. The lowest BCUT2D eigenvalue weighted by Gasteiger charge is -2.28. The summed E-state index contributed by atoms with van der Waals surface area (Å²) < 4.78 is 5.27. The average Bonchev–Trinajstić information content (AvgIpc) is 2.82. The molecule has 0 spiro atoms. The van der Waals surface area contributed by atoms with Crippen molar-refractivity contribution in [2.24, 2.45) is 0 Å². The lowest BCUT2D eigenvalue weighted by molar-refractivity contribution is -0.384. The van der Waals surface area contributed by atoms with Gasteiger partial charge in [0.25, 0.3) is 16.8 Å². The zero-order valence-corrected chi connectivity index (χ0v) is 13.7. The lowest BCUT2D eigenvalue weighted by Crippen LogP contribution is -2.36. The molecule has 24 heavy (non-hydrogen) atoms. The molecular weight excluding hydrogens is 334 g/mol. The molecule has 0 radical (unpaired) electrons. The van der Waals surface area contributed by atoms with Crippen molar-refractivity contribution in [3.8, 4) is 0 Å². The maximum Gasteiger partial charge on any atom is 0.293 e. The summed E-state index contributed by atoms with van der Waals surface area (Å²) in [6.45, 7) is 2.24. The number of carbonyl (C=O) groups excluding carboxylic acids is 2. The predicted molar refractivity (Wildman–Crippen MR) is 89.9 cm³/mol. The van der Waals surface area contributed by atoms with Gasteiger partial charge in [0.1, 0.15) is 5.69 Å². The zero-order chi connectivity index (χ0) is 17.3. The third-order valence-corrected chi connectivity index (χ3v) is 4.79. The van der Waals surface area contributed by atoms with Crippen molar-refractivity contribution in [3.63, 3.8) is 0 Å². The van der Waals surface area contributed by atoms with Gasteiger partial charge in [-0.15, -0.1) is 0 Å². The number of amides is 2. The van der Waals surface area contributed by atoms with E-state index in [1.807, 2.05) is 4.90 Å². The number of rotatable bonds is 3. The van der Waals surface area contributed by atoms with Crippen LogP contribution in [-0.4, -0.2) is 54.3 Å². The third kappa shape index (κ3) is 3.13. The molecule has 0 atom stereocenters. The Labute approximate surface area is 142 Å². The van der Waals surface area contributed by atoms with Crippen LogP contribution in [0.15, 0.2) is 23.1 Å². The van der Waals surface area contributed by atoms with E-state index in [2.05, 4.69) is 0 Å². The molecule has 0 unspecified atom stereocenters. The van der Waals surface area contributed by atoms with Gasteiger partial charge in [0.2, 0.25) is 0 Å². The van der Waals surface area contributed by atoms with E-state index in [4.69, 9.17) is 4.74 Å². The number of ether oxygens (including phenoxy) is 1. The second kappa shape index (κ2) is 6.62. The highest BCUT2D eigenvalue weighted by Crippen LogP contribution is 2.34. The molecule has 2 fully saturated rings. The Balaban J connectivity index is 1.93. The van der Waals surface area contributed by atoms with Crippen LogP contribution in [0, 0.1) is 10.1 Å². The van der Waals surface area contributed by atoms with E-state index in [0.29, 0.717) is 37.6 Å². The van der Waals surface area contributed by atoms with E-state index >= 15 is 0 Å². The van der Waals surface area contributed by atoms with Gasteiger partial charge in [-0.05, 0) is 29.5 Å². The van der Waals surface area contributed by atoms with Crippen LogP contribution in [0.2, 0.25) is 0 Å². The van der Waals surface area contributed by atoms with Gasteiger partial charge in [-0.3, -0.25) is 24.6 Å². The SMILES string of the molecule is CN1C(=O)S/C(=C\c2ccc(N3CCOCC3)c([N+](=O)[O-])c2)C1=O. The molecule has 0 saturated carbocycles. The van der Waals surface area contributed by atoms with Gasteiger partial charge in [0.05, 0.1) is 23.0 Å². The summed E-state index contributed by atoms with van der Waals surface area (Å²) in [6, 6.07) is 4.81. The number of imide groups is 1. The number of nitro benzene ring substituents is 1. The molecule has 2 aliphatic rings. The Morgan fingerprint density at radius 3 is 2.58 bits per heavy atom. The first-order valence-electron chi connectivity index (χ1n) is 7.30. The predicted octanol–water partition coefficient (Wildman–Crippen LogP) is 2.10. The van der Waals surface area contributed by atoms with Crippen LogP contribution >= 0.6 is 11.8 Å². The average molecular weight is 349 g/mol. The van der Waals surface area contributed by atoms with E-state index in [-0.39, 0.29) is 15.8 Å². The Morgan fingerprint density at radius 1 is 1.29 bits per heavy atom. The number of nitrogens with zero attached hydrogens (tertiary/aromatic N) is 3. The minimum atomic E-state index is -0.437. The fraction of sp³-hybridized carbons (Fsp3) is 0.333. The van der Waals surface area contributed by atoms with Crippen molar-refractivity contribution < 1.29 is 19.2 Å². The highest BCUT2D eigenvalue weighted by atomic mass is 32.2. The molecule has 8 nitrogen and oxygen atoms in total. The van der Waals surface area contributed by atoms with E-state index in [0.717, 1.165) is 16.7 Å². The molecule has 1 aromatic carbocycles. The molecule has 0 aromatic heterocycles. The first-order valence-corrected chi connectivity index (χ1v) is 8.11. The fourth-order valence-corrected chi connectivity index (χ4v) is 3.37. The second-order valence-corrected chi connectivity index (χ2v) is 6.34. The number of hydrogen-bond acceptors (Lipinski definition) is 7. The van der Waals surface area contributed by atoms with Crippen molar-refractivity contribution in [2.75, 3.05) is 38.3 Å². The van der Waals surface area contributed by atoms with Gasteiger partial charge in [0.15, 0.2) is 0 Å². The zero-order valence-electron chi connectivity index (χ0n) is 12.9. The van der Waals surface area contributed by atoms with Gasteiger partial charge in [-0.2, -0.15) is 0 Å². The number of nitro groups is 1. The molecule has 9 heteroatoms. The Hall–Kier alpha value is -2.39. The van der Waals surface area contributed by atoms with Crippen LogP contribution in [0.5, 0.6) is 0 Å². The smallest absolute Gasteiger partial charge is 0.293 e. The number of benzene rings is 1. The molecular formula is C15H15N3O5S. The topological polar surface area (TPSA) is 93.0 Å². The van der Waals surface area contributed by atoms with Gasteiger partial charge in [-0.1, -0.05) is 6.07 Å². The summed E-state index contributed by atoms with van der Waals surface area (Å²) in [5, 5.41) is 11.1. The Bertz CT molecular complexity index is 743. The molecule has 2 amide bonds. The number of morpholine rings is 1. The fourth-order valence-electron chi connectivity index (χ4n) is 2.55. The van der Waals surface area contributed by atoms with Crippen LogP contribution in [-0.2, 0) is 9.53 Å². The van der Waals surface area contributed by atoms with Crippen LogP contribution in [0.3, 0.4) is 0 Å². The molecule has 0 aliphatic carbocycles. The van der Waals surface area contributed by atoms with Crippen molar-refractivity contribution >= 4 is 40.4 Å². The summed E-state index contributed by atoms with van der Waals surface area (Å²) in [6.07, 6.45) is 1.50. The van der Waals surface area contributed by atoms with Crippen LogP contribution < -0.4 is 4.90 Å². The summed E-state index contributed by atoms with van der Waals surface area (Å²) in [7, 11) is 1.41. The number of anilines is 1. The Kier molecular flexibility index (Phi) is 4.54. The van der Waals surface area contributed by atoms with Gasteiger partial charge < -0.3 is 9.64 Å². The standard InChI is InChI=1S/C15H15N3O5S/c1-16-14(19)13(24-15(16)20)9-10-2-3-11(12(8-10)18(21)22)17-4-6-23-7-5-17/h2-3,8-9H,4-7H2,1H3/b13-9-. The molecule has 2 heterocycles. The van der Waals surface area contributed by atoms with Gasteiger partial charge in [-0.25, -0.2) is 0 Å². The quantitative estimate of drug-likeness (QED) is 0.468. The largest absolute Gasteiger partial charge is 0.378 e. The van der Waals surface area contributed by atoms with E-state index in [9.17, 15) is 19.7 Å². The molecule has 126 valence electrons. The minimum Gasteiger partial charge on any atom is -0.378 e. The monoisotopic (exact) mass is 349 g/mol. The molecule has 1 aromatic rings. The number of carbonyl (C=O) groups is 2. The molecule has 0 N–H and O–H groups in total. The third-order valence-electron chi connectivity index (χ3n) is 3.83. The number of thioether (sulfide) groups is 1. The van der Waals surface area contributed by atoms with E-state index in [1.54, 1.807) is 12.1 Å². The lowest BCUT2D eigenvalue weighted by atomic mass is 10.1. The highest BCUT2D eigenvalue weighted by molar-refractivity contribution is 8.18. The normalized spacial score (nSPS) is 20.1. The number of hydrogen-bond donors (Lipinski definition) is 0. The summed E-state index contributed by atoms with van der Waals surface area (Å²) in [5.41, 5.74) is 1.02. The van der Waals surface area contributed by atoms with E-state index in [1.165, 1.54) is 19.2 Å². The molecule has 2 aliphatic heterocycles. The van der Waals surface area contributed by atoms with Crippen LogP contribution in [0.4, 0.5) is 16.2 Å². The van der Waals surface area contributed by atoms with Gasteiger partial charge >= 0.3 is 0 Å². The van der Waals surface area contributed by atoms with Crippen molar-refractivity contribution in [1.82, 2.24) is 4.90 Å². The van der Waals surface area contributed by atoms with Crippen molar-refractivity contribution in [3.05, 3.63) is 38.8 Å². The summed E-state index contributed by atoms with van der Waals surface area (Å²) in [5.74, 6) is -0.398. The molecule has 3 rings (SSSR count). The molecule has 2 saturated heterocycles. The highest BCUT2D eigenvalue weighted by Gasteiger charge is 2.32. The first-order chi connectivity index (χ1) is 11.5. The van der Waals surface area contributed by atoms with E-state index < -0.39 is 10.8 Å². The maximum absolute atomic E-state index is 11.9. The van der Waals surface area contributed by atoms with Crippen molar-refractivity contribution in [2.45, 2.75) is 0 Å². The van der Waals surface area contributed by atoms with Crippen LogP contribution in [0.25, 0.3) is 6.08 Å². The first kappa shape index (κ1) is 16.5. The molecule has 0 bridgehead atoms. The van der Waals surface area contributed by atoms with Crippen LogP contribution in [0.1, 0.15) is 5.56 Å². The number of likely N-dealkylation sites (N-methyl/N-ethyl adjacent to an activating group) is 1.